The largest absolute Gasteiger partial charge is 0.467 e. The number of amides is 2. The minimum absolute atomic E-state index is 0.124. The van der Waals surface area contributed by atoms with Crippen LogP contribution in [-0.2, 0) is 9.59 Å². The lowest BCUT2D eigenvalue weighted by Gasteiger charge is -2.14. The summed E-state index contributed by atoms with van der Waals surface area (Å²) < 4.78 is 5.25. The molecule has 0 saturated carbocycles. The summed E-state index contributed by atoms with van der Waals surface area (Å²) >= 11 is 1.33. The van der Waals surface area contributed by atoms with Crippen LogP contribution in [0.2, 0.25) is 0 Å². The topological polar surface area (TPSA) is 97.4 Å². The van der Waals surface area contributed by atoms with Crippen molar-refractivity contribution in [3.05, 3.63) is 48.4 Å². The van der Waals surface area contributed by atoms with Crippen LogP contribution in [0.5, 0.6) is 0 Å². The Balaban J connectivity index is 1.87. The van der Waals surface area contributed by atoms with E-state index in [-0.39, 0.29) is 30.2 Å². The fraction of sp³-hybridized carbons (Fsp3) is 0.250. The molecule has 1 unspecified atom stereocenters. The number of nitrogens with two attached hydrogens (primary N) is 1. The van der Waals surface area contributed by atoms with Crippen LogP contribution in [0.25, 0.3) is 0 Å². The van der Waals surface area contributed by atoms with E-state index in [4.69, 9.17) is 10.2 Å². The van der Waals surface area contributed by atoms with Crippen molar-refractivity contribution in [3.8, 4) is 0 Å². The summed E-state index contributed by atoms with van der Waals surface area (Å²) in [6.07, 6.45) is 1.57. The lowest BCUT2D eigenvalue weighted by atomic mass is 10.2. The van der Waals surface area contributed by atoms with Crippen molar-refractivity contribution >= 4 is 29.3 Å². The van der Waals surface area contributed by atoms with Crippen LogP contribution < -0.4 is 16.4 Å². The summed E-state index contributed by atoms with van der Waals surface area (Å²) in [5, 5.41) is 5.92. The summed E-state index contributed by atoms with van der Waals surface area (Å²) in [6.45, 7) is 1.98. The zero-order valence-corrected chi connectivity index (χ0v) is 13.6. The van der Waals surface area contributed by atoms with E-state index >= 15 is 0 Å². The molecule has 1 aromatic heterocycles. The first-order valence-electron chi connectivity index (χ1n) is 7.13. The van der Waals surface area contributed by atoms with Gasteiger partial charge in [-0.2, -0.15) is 0 Å². The number of furan rings is 1. The van der Waals surface area contributed by atoms with Gasteiger partial charge in [0, 0.05) is 10.6 Å². The third-order valence-corrected chi connectivity index (χ3v) is 4.14. The SMILES string of the molecule is CC(NC(=O)CNc1ccccc1SCC(N)=O)c1ccco1. The molecule has 2 amide bonds. The first-order chi connectivity index (χ1) is 11.1. The third kappa shape index (κ3) is 5.37. The van der Waals surface area contributed by atoms with Gasteiger partial charge in [-0.05, 0) is 31.2 Å². The van der Waals surface area contributed by atoms with Crippen LogP contribution in [0, 0.1) is 0 Å². The van der Waals surface area contributed by atoms with Gasteiger partial charge in [-0.3, -0.25) is 9.59 Å². The highest BCUT2D eigenvalue weighted by atomic mass is 32.2. The van der Waals surface area contributed by atoms with Gasteiger partial charge >= 0.3 is 0 Å². The van der Waals surface area contributed by atoms with E-state index in [1.54, 1.807) is 12.3 Å². The lowest BCUT2D eigenvalue weighted by Crippen LogP contribution is -2.32. The van der Waals surface area contributed by atoms with E-state index in [0.29, 0.717) is 5.76 Å². The van der Waals surface area contributed by atoms with Crippen LogP contribution in [0.15, 0.2) is 52.0 Å². The second-order valence-electron chi connectivity index (χ2n) is 4.91. The Morgan fingerprint density at radius 2 is 2.04 bits per heavy atom. The van der Waals surface area contributed by atoms with Crippen LogP contribution in [0.4, 0.5) is 5.69 Å². The first-order valence-corrected chi connectivity index (χ1v) is 8.11. The first kappa shape index (κ1) is 17.0. The second kappa shape index (κ2) is 8.28. The zero-order chi connectivity index (χ0) is 16.7. The average Bonchev–Trinajstić information content (AvgIpc) is 3.06. The van der Waals surface area contributed by atoms with Gasteiger partial charge in [0.15, 0.2) is 0 Å². The molecule has 7 heteroatoms. The Morgan fingerprint density at radius 1 is 1.26 bits per heavy atom. The Morgan fingerprint density at radius 3 is 2.74 bits per heavy atom. The number of thioether (sulfide) groups is 1. The molecule has 0 radical (unpaired) electrons. The maximum Gasteiger partial charge on any atom is 0.239 e. The van der Waals surface area contributed by atoms with Crippen molar-refractivity contribution in [1.82, 2.24) is 5.32 Å². The molecule has 0 aliphatic carbocycles. The van der Waals surface area contributed by atoms with E-state index in [1.165, 1.54) is 11.8 Å². The Kier molecular flexibility index (Phi) is 6.10. The van der Waals surface area contributed by atoms with Crippen molar-refractivity contribution in [3.63, 3.8) is 0 Å². The highest BCUT2D eigenvalue weighted by Crippen LogP contribution is 2.26. The van der Waals surface area contributed by atoms with E-state index in [0.717, 1.165) is 10.6 Å². The molecule has 1 aromatic carbocycles. The fourth-order valence-corrected chi connectivity index (χ4v) is 2.73. The molecular weight excluding hydrogens is 314 g/mol. The second-order valence-corrected chi connectivity index (χ2v) is 5.93. The minimum Gasteiger partial charge on any atom is -0.467 e. The lowest BCUT2D eigenvalue weighted by molar-refractivity contribution is -0.120. The van der Waals surface area contributed by atoms with Crippen LogP contribution in [0.3, 0.4) is 0 Å². The highest BCUT2D eigenvalue weighted by molar-refractivity contribution is 8.00. The molecule has 2 rings (SSSR count). The monoisotopic (exact) mass is 333 g/mol. The third-order valence-electron chi connectivity index (χ3n) is 3.04. The quantitative estimate of drug-likeness (QED) is 0.643. The Labute approximate surface area is 138 Å². The minimum atomic E-state index is -0.380. The maximum absolute atomic E-state index is 12.0. The standard InChI is InChI=1S/C16H19N3O3S/c1-11(13-6-4-8-22-13)19-16(21)9-18-12-5-2-3-7-14(12)23-10-15(17)20/h2-8,11,18H,9-10H2,1H3,(H2,17,20)(H,19,21). The van der Waals surface area contributed by atoms with Crippen molar-refractivity contribution in [2.75, 3.05) is 17.6 Å². The van der Waals surface area contributed by atoms with Gasteiger partial charge in [-0.15, -0.1) is 11.8 Å². The predicted molar refractivity (Wildman–Crippen MR) is 90.1 cm³/mol. The number of carbonyl (C=O) groups excluding carboxylic acids is 2. The number of rotatable bonds is 8. The highest BCUT2D eigenvalue weighted by Gasteiger charge is 2.12. The Bertz CT molecular complexity index is 658. The zero-order valence-electron chi connectivity index (χ0n) is 12.7. The van der Waals surface area contributed by atoms with Crippen molar-refractivity contribution in [2.24, 2.45) is 5.73 Å². The van der Waals surface area contributed by atoms with Gasteiger partial charge in [0.1, 0.15) is 5.76 Å². The average molecular weight is 333 g/mol. The number of carbonyl (C=O) groups is 2. The number of hydrogen-bond acceptors (Lipinski definition) is 5. The number of benzene rings is 1. The molecule has 0 bridgehead atoms. The molecule has 0 aliphatic rings. The van der Waals surface area contributed by atoms with E-state index in [2.05, 4.69) is 10.6 Å². The maximum atomic E-state index is 12.0. The number of nitrogens with one attached hydrogen (secondary N) is 2. The summed E-state index contributed by atoms with van der Waals surface area (Å²) in [6, 6.07) is 10.9. The van der Waals surface area contributed by atoms with Gasteiger partial charge in [0.25, 0.3) is 0 Å². The summed E-state index contributed by atoms with van der Waals surface area (Å²) in [5.74, 6) is 0.370. The summed E-state index contributed by atoms with van der Waals surface area (Å²) in [4.78, 5) is 23.8. The van der Waals surface area contributed by atoms with E-state index < -0.39 is 0 Å². The van der Waals surface area contributed by atoms with Crippen LogP contribution in [0.1, 0.15) is 18.7 Å². The van der Waals surface area contributed by atoms with Crippen molar-refractivity contribution in [1.29, 1.82) is 0 Å². The molecule has 0 saturated heterocycles. The molecule has 23 heavy (non-hydrogen) atoms. The number of hydrogen-bond donors (Lipinski definition) is 3. The molecule has 6 nitrogen and oxygen atoms in total. The molecule has 2 aromatic rings. The van der Waals surface area contributed by atoms with Gasteiger partial charge in [0.05, 0.1) is 24.6 Å². The smallest absolute Gasteiger partial charge is 0.239 e. The summed E-state index contributed by atoms with van der Waals surface area (Å²) in [7, 11) is 0. The number of para-hydroxylation sites is 1. The van der Waals surface area contributed by atoms with Crippen molar-refractivity contribution in [2.45, 2.75) is 17.9 Å². The molecule has 1 heterocycles. The van der Waals surface area contributed by atoms with E-state index in [9.17, 15) is 9.59 Å². The Hall–Kier alpha value is -2.41. The normalized spacial score (nSPS) is 11.7. The van der Waals surface area contributed by atoms with Gasteiger partial charge in [-0.1, -0.05) is 12.1 Å². The molecule has 0 fully saturated rings. The molecule has 0 aliphatic heterocycles. The molecule has 1 atom stereocenters. The fourth-order valence-electron chi connectivity index (χ4n) is 1.96. The molecular formula is C16H19N3O3S. The van der Waals surface area contributed by atoms with E-state index in [1.807, 2.05) is 37.3 Å². The predicted octanol–water partition coefficient (Wildman–Crippen LogP) is 2.15. The molecule has 0 spiro atoms. The van der Waals surface area contributed by atoms with Gasteiger partial charge < -0.3 is 20.8 Å². The number of primary amides is 1. The molecule has 4 N–H and O–H groups in total. The summed E-state index contributed by atoms with van der Waals surface area (Å²) in [5.41, 5.74) is 5.95. The van der Waals surface area contributed by atoms with Crippen molar-refractivity contribution < 1.29 is 14.0 Å². The number of anilines is 1. The van der Waals surface area contributed by atoms with Crippen LogP contribution >= 0.6 is 11.8 Å². The van der Waals surface area contributed by atoms with Gasteiger partial charge in [0.2, 0.25) is 11.8 Å². The van der Waals surface area contributed by atoms with Gasteiger partial charge in [-0.25, -0.2) is 0 Å². The van der Waals surface area contributed by atoms with Crippen LogP contribution in [-0.4, -0.2) is 24.1 Å². The molecule has 122 valence electrons.